The minimum absolute atomic E-state index is 0.0384. The second-order valence-corrected chi connectivity index (χ2v) is 5.68. The Morgan fingerprint density at radius 2 is 2.35 bits per heavy atom. The number of carbonyl (C=O) groups is 1. The van der Waals surface area contributed by atoms with E-state index in [0.29, 0.717) is 18.8 Å². The molecule has 0 aliphatic heterocycles. The van der Waals surface area contributed by atoms with E-state index in [1.54, 1.807) is 13.3 Å². The molecule has 6 nitrogen and oxygen atoms in total. The van der Waals surface area contributed by atoms with E-state index in [2.05, 4.69) is 10.4 Å². The zero-order valence-corrected chi connectivity index (χ0v) is 11.0. The highest BCUT2D eigenvalue weighted by atomic mass is 32.2. The van der Waals surface area contributed by atoms with Crippen molar-refractivity contribution in [1.82, 2.24) is 15.1 Å². The van der Waals surface area contributed by atoms with Crippen LogP contribution in [0.1, 0.15) is 23.0 Å². The maximum absolute atomic E-state index is 11.1. The third-order valence-electron chi connectivity index (χ3n) is 2.58. The molecule has 0 aliphatic rings. The van der Waals surface area contributed by atoms with Crippen LogP contribution in [0.4, 0.5) is 0 Å². The van der Waals surface area contributed by atoms with E-state index in [4.69, 9.17) is 5.11 Å². The van der Waals surface area contributed by atoms with Gasteiger partial charge in [0.2, 0.25) is 0 Å². The zero-order chi connectivity index (χ0) is 13.0. The van der Waals surface area contributed by atoms with Gasteiger partial charge in [0.1, 0.15) is 5.56 Å². The van der Waals surface area contributed by atoms with Gasteiger partial charge in [-0.25, -0.2) is 4.79 Å². The van der Waals surface area contributed by atoms with E-state index in [9.17, 15) is 9.00 Å². The van der Waals surface area contributed by atoms with Crippen LogP contribution in [0.25, 0.3) is 0 Å². The molecule has 7 heteroatoms. The van der Waals surface area contributed by atoms with Crippen molar-refractivity contribution in [3.8, 4) is 0 Å². The summed E-state index contributed by atoms with van der Waals surface area (Å²) in [4.78, 5) is 10.9. The number of nitrogens with zero attached hydrogens (tertiary/aromatic N) is 2. The zero-order valence-electron chi connectivity index (χ0n) is 10.1. The lowest BCUT2D eigenvalue weighted by Gasteiger charge is -2.10. The van der Waals surface area contributed by atoms with Crippen molar-refractivity contribution in [1.29, 1.82) is 0 Å². The Balaban J connectivity index is 2.60. The Morgan fingerprint density at radius 1 is 1.71 bits per heavy atom. The van der Waals surface area contributed by atoms with Crippen molar-refractivity contribution in [3.05, 3.63) is 17.5 Å². The fourth-order valence-electron chi connectivity index (χ4n) is 1.36. The number of aromatic carboxylic acids is 1. The SMILES string of the molecule is CC(CNCc1c(C(=O)O)cnn1C)S(C)=O. The number of aryl methyl sites for hydroxylation is 1. The third kappa shape index (κ3) is 3.64. The lowest BCUT2D eigenvalue weighted by atomic mass is 10.2. The maximum Gasteiger partial charge on any atom is 0.339 e. The monoisotopic (exact) mass is 259 g/mol. The molecular formula is C10H17N3O3S. The molecule has 0 amide bonds. The summed E-state index contributed by atoms with van der Waals surface area (Å²) in [5.41, 5.74) is 0.817. The fraction of sp³-hybridized carbons (Fsp3) is 0.600. The molecule has 0 bridgehead atoms. The maximum atomic E-state index is 11.1. The highest BCUT2D eigenvalue weighted by Crippen LogP contribution is 2.07. The molecule has 0 saturated carbocycles. The van der Waals surface area contributed by atoms with E-state index in [1.165, 1.54) is 10.9 Å². The molecule has 2 N–H and O–H groups in total. The number of carboxylic acids is 1. The van der Waals surface area contributed by atoms with E-state index in [0.717, 1.165) is 0 Å². The molecule has 1 aromatic rings. The average molecular weight is 259 g/mol. The number of carboxylic acid groups (broad SMARTS) is 1. The Kier molecular flexibility index (Phi) is 4.83. The summed E-state index contributed by atoms with van der Waals surface area (Å²) in [6, 6.07) is 0. The van der Waals surface area contributed by atoms with Crippen LogP contribution in [-0.4, -0.2) is 43.1 Å². The molecule has 0 aromatic carbocycles. The number of hydrogen-bond acceptors (Lipinski definition) is 4. The van der Waals surface area contributed by atoms with Gasteiger partial charge in [0.05, 0.1) is 11.9 Å². The molecule has 2 atom stereocenters. The smallest absolute Gasteiger partial charge is 0.339 e. The first-order chi connectivity index (χ1) is 7.93. The summed E-state index contributed by atoms with van der Waals surface area (Å²) in [5, 5.41) is 16.0. The Labute approximate surface area is 102 Å². The summed E-state index contributed by atoms with van der Waals surface area (Å²) in [7, 11) is 0.820. The topological polar surface area (TPSA) is 84.2 Å². The quantitative estimate of drug-likeness (QED) is 0.750. The molecular weight excluding hydrogens is 242 g/mol. The molecule has 1 aromatic heterocycles. The largest absolute Gasteiger partial charge is 0.478 e. The second kappa shape index (κ2) is 5.92. The summed E-state index contributed by atoms with van der Waals surface area (Å²) >= 11 is 0. The summed E-state index contributed by atoms with van der Waals surface area (Å²) in [6.45, 7) is 2.86. The Bertz CT molecular complexity index is 430. The lowest BCUT2D eigenvalue weighted by molar-refractivity contribution is 0.0695. The minimum atomic E-state index is -0.984. The van der Waals surface area contributed by atoms with Gasteiger partial charge in [-0.2, -0.15) is 5.10 Å². The first-order valence-corrected chi connectivity index (χ1v) is 6.82. The predicted octanol–water partition coefficient (Wildman–Crippen LogP) is -0.0251. The van der Waals surface area contributed by atoms with Crippen molar-refractivity contribution in [2.24, 2.45) is 7.05 Å². The van der Waals surface area contributed by atoms with Gasteiger partial charge in [-0.3, -0.25) is 8.89 Å². The van der Waals surface area contributed by atoms with Gasteiger partial charge < -0.3 is 10.4 Å². The molecule has 96 valence electrons. The highest BCUT2D eigenvalue weighted by molar-refractivity contribution is 7.84. The first-order valence-electron chi connectivity index (χ1n) is 5.20. The van der Waals surface area contributed by atoms with Crippen LogP contribution in [0.2, 0.25) is 0 Å². The van der Waals surface area contributed by atoms with Gasteiger partial charge in [0, 0.05) is 42.4 Å². The van der Waals surface area contributed by atoms with Crippen molar-refractivity contribution in [3.63, 3.8) is 0 Å². The average Bonchev–Trinajstić information content (AvgIpc) is 2.60. The van der Waals surface area contributed by atoms with E-state index in [-0.39, 0.29) is 10.8 Å². The van der Waals surface area contributed by atoms with Crippen molar-refractivity contribution in [2.75, 3.05) is 12.8 Å². The van der Waals surface area contributed by atoms with Gasteiger partial charge in [0.25, 0.3) is 0 Å². The number of hydrogen-bond donors (Lipinski definition) is 2. The summed E-state index contributed by atoms with van der Waals surface area (Å²) in [5.74, 6) is -0.984. The van der Waals surface area contributed by atoms with Crippen molar-refractivity contribution in [2.45, 2.75) is 18.7 Å². The summed E-state index contributed by atoms with van der Waals surface area (Å²) < 4.78 is 12.7. The minimum Gasteiger partial charge on any atom is -0.478 e. The first kappa shape index (κ1) is 13.9. The molecule has 17 heavy (non-hydrogen) atoms. The molecule has 0 saturated heterocycles. The van der Waals surface area contributed by atoms with Gasteiger partial charge in [-0.1, -0.05) is 0 Å². The van der Waals surface area contributed by atoms with Crippen LogP contribution < -0.4 is 5.32 Å². The van der Waals surface area contributed by atoms with Gasteiger partial charge in [0.15, 0.2) is 0 Å². The molecule has 0 fully saturated rings. The Morgan fingerprint density at radius 3 is 2.88 bits per heavy atom. The molecule has 0 radical (unpaired) electrons. The summed E-state index contributed by atoms with van der Waals surface area (Å²) in [6.07, 6.45) is 2.99. The number of nitrogens with one attached hydrogen (secondary N) is 1. The van der Waals surface area contributed by atoms with Crippen molar-refractivity contribution < 1.29 is 14.1 Å². The van der Waals surface area contributed by atoms with E-state index < -0.39 is 16.8 Å². The lowest BCUT2D eigenvalue weighted by Crippen LogP contribution is -2.28. The van der Waals surface area contributed by atoms with E-state index in [1.807, 2.05) is 6.92 Å². The Hall–Kier alpha value is -1.21. The molecule has 1 heterocycles. The second-order valence-electron chi connectivity index (χ2n) is 3.87. The molecule has 0 aliphatic carbocycles. The van der Waals surface area contributed by atoms with Crippen LogP contribution in [-0.2, 0) is 24.4 Å². The number of rotatable bonds is 6. The van der Waals surface area contributed by atoms with Crippen molar-refractivity contribution >= 4 is 16.8 Å². The molecule has 0 spiro atoms. The fourth-order valence-corrected chi connectivity index (χ4v) is 1.71. The van der Waals surface area contributed by atoms with Crippen LogP contribution in [0.5, 0.6) is 0 Å². The number of aromatic nitrogens is 2. The van der Waals surface area contributed by atoms with Gasteiger partial charge in [-0.15, -0.1) is 0 Å². The normalized spacial score (nSPS) is 14.5. The highest BCUT2D eigenvalue weighted by Gasteiger charge is 2.15. The van der Waals surface area contributed by atoms with Gasteiger partial charge >= 0.3 is 5.97 Å². The van der Waals surface area contributed by atoms with Crippen LogP contribution >= 0.6 is 0 Å². The third-order valence-corrected chi connectivity index (χ3v) is 3.88. The van der Waals surface area contributed by atoms with Gasteiger partial charge in [-0.05, 0) is 6.92 Å². The van der Waals surface area contributed by atoms with Crippen LogP contribution in [0.15, 0.2) is 6.20 Å². The molecule has 1 rings (SSSR count). The van der Waals surface area contributed by atoms with E-state index >= 15 is 0 Å². The standard InChI is InChI=1S/C10H17N3O3S/c1-7(17(3)16)4-11-6-9-8(10(14)15)5-12-13(9)2/h5,7,11H,4,6H2,1-3H3,(H,14,15). The van der Waals surface area contributed by atoms with Crippen LogP contribution in [0, 0.1) is 0 Å². The predicted molar refractivity (Wildman–Crippen MR) is 65.4 cm³/mol. The van der Waals surface area contributed by atoms with Crippen LogP contribution in [0.3, 0.4) is 0 Å². The molecule has 2 unspecified atom stereocenters.